The summed E-state index contributed by atoms with van der Waals surface area (Å²) in [6.07, 6.45) is 2.20. The number of amides is 2. The fourth-order valence-corrected chi connectivity index (χ4v) is 11.5. The number of fused-ring (bicyclic) bond motifs is 2. The first kappa shape index (κ1) is 51.9. The van der Waals surface area contributed by atoms with Gasteiger partial charge in [0.1, 0.15) is 23.9 Å². The smallest absolute Gasteiger partial charge is 0.319 e. The second-order valence-corrected chi connectivity index (χ2v) is 20.8. The zero-order chi connectivity index (χ0) is 53.2. The quantitative estimate of drug-likeness (QED) is 0.0925. The predicted molar refractivity (Wildman–Crippen MR) is 286 cm³/mol. The third kappa shape index (κ3) is 10.8. The van der Waals surface area contributed by atoms with Crippen LogP contribution in [0.4, 0.5) is 15.9 Å². The number of piperidine rings is 1. The highest BCUT2D eigenvalue weighted by Crippen LogP contribution is 2.40. The Bertz CT molecular complexity index is 3180. The largest absolute Gasteiger partial charge is 0.508 e. The number of aromatic hydroxyl groups is 3. The van der Waals surface area contributed by atoms with E-state index in [2.05, 4.69) is 48.5 Å². The van der Waals surface area contributed by atoms with Crippen molar-refractivity contribution in [2.24, 2.45) is 5.92 Å². The molecule has 10 rings (SSSR count). The van der Waals surface area contributed by atoms with E-state index in [9.17, 15) is 34.6 Å². The number of halogens is 2. The van der Waals surface area contributed by atoms with Gasteiger partial charge in [-0.05, 0) is 85.1 Å². The molecule has 0 saturated carbocycles. The highest BCUT2D eigenvalue weighted by Gasteiger charge is 2.36. The van der Waals surface area contributed by atoms with Crippen molar-refractivity contribution < 1.29 is 34.0 Å². The first-order valence-electron chi connectivity index (χ1n) is 26.0. The van der Waals surface area contributed by atoms with Gasteiger partial charge in [0.05, 0.1) is 47.0 Å². The molecule has 0 radical (unpaired) electrons. The number of aromatic nitrogens is 5. The normalized spacial score (nSPS) is 17.8. The minimum Gasteiger partial charge on any atom is -0.508 e. The summed E-state index contributed by atoms with van der Waals surface area (Å²) in [7, 11) is 0. The molecule has 0 bridgehead atoms. The zero-order valence-electron chi connectivity index (χ0n) is 42.8. The van der Waals surface area contributed by atoms with Gasteiger partial charge in [-0.1, -0.05) is 73.5 Å². The van der Waals surface area contributed by atoms with Crippen LogP contribution in [-0.2, 0) is 29.1 Å². The number of piperazine rings is 2. The number of carbonyl (C=O) groups is 2. The van der Waals surface area contributed by atoms with Crippen LogP contribution in [0.2, 0.25) is 5.02 Å². The number of ether oxygens (including phenoxy) is 1. The maximum atomic E-state index is 14.1. The highest BCUT2D eigenvalue weighted by molar-refractivity contribution is 6.36. The molecule has 6 heterocycles. The number of hydrogen-bond acceptors (Lipinski definition) is 15. The lowest BCUT2D eigenvalue weighted by Gasteiger charge is -2.42. The number of benzene rings is 4. The molecule has 396 valence electrons. The summed E-state index contributed by atoms with van der Waals surface area (Å²) < 4.78 is 21.9. The Morgan fingerprint density at radius 3 is 2.36 bits per heavy atom. The molecule has 3 fully saturated rings. The van der Waals surface area contributed by atoms with Gasteiger partial charge in [-0.25, -0.2) is 8.96 Å². The van der Waals surface area contributed by atoms with Gasteiger partial charge in [-0.3, -0.25) is 19.4 Å². The van der Waals surface area contributed by atoms with E-state index in [0.717, 1.165) is 59.2 Å². The van der Waals surface area contributed by atoms with Crippen LogP contribution in [0.15, 0.2) is 85.2 Å². The number of phenolic OH excluding ortho intramolecular Hbond substituents is 2. The second kappa shape index (κ2) is 22.4. The van der Waals surface area contributed by atoms with Crippen molar-refractivity contribution in [2.45, 2.75) is 64.6 Å². The van der Waals surface area contributed by atoms with E-state index in [1.807, 2.05) is 73.3 Å². The summed E-state index contributed by atoms with van der Waals surface area (Å²) in [5.74, 6) is -0.954. The van der Waals surface area contributed by atoms with Gasteiger partial charge >= 0.3 is 12.0 Å². The average Bonchev–Trinajstić information content (AvgIpc) is 3.81. The third-order valence-electron chi connectivity index (χ3n) is 15.3. The molecule has 3 saturated heterocycles. The number of hydrogen-bond donors (Lipinski definition) is 3. The second-order valence-electron chi connectivity index (χ2n) is 20.4. The van der Waals surface area contributed by atoms with Gasteiger partial charge in [0, 0.05) is 94.1 Å². The number of nitriles is 1. The van der Waals surface area contributed by atoms with Crippen LogP contribution < -0.4 is 14.5 Å². The van der Waals surface area contributed by atoms with E-state index in [0.29, 0.717) is 99.6 Å². The molecule has 3 N–H and O–H groups in total. The van der Waals surface area contributed by atoms with Gasteiger partial charge in [-0.2, -0.15) is 15.2 Å². The standard InChI is InChI=1S/C56H62ClFN12O6/c1-35(2)43-30-44(49(72)31-48(43)71)52-62-63-56(75)70(52)40-12-10-37(11-13-40)32-65-19-15-39(16-20-65)54(74)66-24-22-64(23-25-66)28-29-76-55-60-46-34-67(47-9-5-7-38-6-4-8-45(57)50(38)47)21-17-42(46)51(61-55)68-26-27-69(53(73)36(3)58)41(33-68)14-18-59/h4-13,30-31,35,39,41,71-72H,3,14-17,19-29,32-34H2,1-2H3,(H,63,75)/t41-/m0/s1. The fourth-order valence-electron chi connectivity index (χ4n) is 11.2. The third-order valence-corrected chi connectivity index (χ3v) is 15.6. The molecule has 20 heteroatoms. The zero-order valence-corrected chi connectivity index (χ0v) is 43.5. The van der Waals surface area contributed by atoms with Gasteiger partial charge in [0.15, 0.2) is 11.7 Å². The lowest BCUT2D eigenvalue weighted by atomic mass is 9.94. The Morgan fingerprint density at radius 1 is 0.882 bits per heavy atom. The molecule has 4 aliphatic heterocycles. The summed E-state index contributed by atoms with van der Waals surface area (Å²) in [5.41, 5.74) is 5.46. The monoisotopic (exact) mass is 1050 g/mol. The summed E-state index contributed by atoms with van der Waals surface area (Å²) >= 11 is 6.78. The molecule has 6 aromatic rings. The molecule has 4 aromatic carbocycles. The van der Waals surface area contributed by atoms with E-state index < -0.39 is 17.8 Å². The van der Waals surface area contributed by atoms with Crippen molar-refractivity contribution in [2.75, 3.05) is 88.4 Å². The number of nitrogens with zero attached hydrogens (tertiary/aromatic N) is 12. The SMILES string of the molecule is C=C(F)C(=O)N1CCN(c2nc(OCCN3CCN(C(=O)C4CCN(Cc5ccc(-n6c(O)nnc6-c6cc(C(C)C)c(O)cc6O)cc5)CC4)CC3)nc3c2CCN(c2cccc4cccc(Cl)c24)C3)C[C@@H]1CC#N. The van der Waals surface area contributed by atoms with E-state index in [1.165, 1.54) is 15.5 Å². The minimum atomic E-state index is -1.05. The van der Waals surface area contributed by atoms with E-state index in [4.69, 9.17) is 26.3 Å². The van der Waals surface area contributed by atoms with Crippen LogP contribution in [0.25, 0.3) is 27.8 Å². The molecule has 0 aliphatic carbocycles. The van der Waals surface area contributed by atoms with E-state index in [1.54, 1.807) is 6.07 Å². The molecular formula is C56H62ClFN12O6. The van der Waals surface area contributed by atoms with Crippen molar-refractivity contribution in [3.63, 3.8) is 0 Å². The number of anilines is 2. The number of rotatable bonds is 14. The molecule has 1 atom stereocenters. The summed E-state index contributed by atoms with van der Waals surface area (Å²) in [6, 6.07) is 24.2. The number of carbonyl (C=O) groups excluding carboxylic acids is 2. The molecule has 0 spiro atoms. The molecule has 0 unspecified atom stereocenters. The van der Waals surface area contributed by atoms with Crippen molar-refractivity contribution in [3.8, 4) is 46.7 Å². The first-order valence-corrected chi connectivity index (χ1v) is 26.4. The van der Waals surface area contributed by atoms with E-state index >= 15 is 0 Å². The van der Waals surface area contributed by atoms with Crippen LogP contribution in [0.1, 0.15) is 61.4 Å². The first-order chi connectivity index (χ1) is 36.7. The van der Waals surface area contributed by atoms with Gasteiger partial charge in [0.2, 0.25) is 5.91 Å². The van der Waals surface area contributed by atoms with Crippen LogP contribution >= 0.6 is 11.6 Å². The molecule has 18 nitrogen and oxygen atoms in total. The maximum absolute atomic E-state index is 14.1. The van der Waals surface area contributed by atoms with Crippen LogP contribution in [0.5, 0.6) is 23.5 Å². The summed E-state index contributed by atoms with van der Waals surface area (Å²) in [4.78, 5) is 48.9. The molecule has 76 heavy (non-hydrogen) atoms. The fraction of sp³-hybridized carbons (Fsp3) is 0.411. The van der Waals surface area contributed by atoms with Crippen molar-refractivity contribution in [1.29, 1.82) is 5.26 Å². The molecule has 2 amide bonds. The topological polar surface area (TPSA) is 204 Å². The van der Waals surface area contributed by atoms with Gasteiger partial charge < -0.3 is 39.7 Å². The molecule has 2 aromatic heterocycles. The van der Waals surface area contributed by atoms with Crippen molar-refractivity contribution >= 4 is 45.7 Å². The van der Waals surface area contributed by atoms with Crippen LogP contribution in [0, 0.1) is 17.2 Å². The Kier molecular flexibility index (Phi) is 15.3. The van der Waals surface area contributed by atoms with Crippen molar-refractivity contribution in [3.05, 3.63) is 113 Å². The average molecular weight is 1050 g/mol. The van der Waals surface area contributed by atoms with Crippen LogP contribution in [-0.4, -0.2) is 156 Å². The number of phenols is 2. The van der Waals surface area contributed by atoms with Gasteiger partial charge in [-0.15, -0.1) is 5.10 Å². The Hall–Kier alpha value is -7.53. The lowest BCUT2D eigenvalue weighted by molar-refractivity contribution is -0.139. The van der Waals surface area contributed by atoms with Gasteiger partial charge in [0.25, 0.3) is 5.91 Å². The van der Waals surface area contributed by atoms with Crippen LogP contribution in [0.3, 0.4) is 0 Å². The maximum Gasteiger partial charge on any atom is 0.319 e. The lowest BCUT2D eigenvalue weighted by Crippen LogP contribution is -2.55. The van der Waals surface area contributed by atoms with E-state index in [-0.39, 0.29) is 66.6 Å². The Morgan fingerprint density at radius 2 is 1.63 bits per heavy atom. The minimum absolute atomic E-state index is 0.0113. The highest BCUT2D eigenvalue weighted by atomic mass is 35.5. The number of likely N-dealkylation sites (tertiary alicyclic amines) is 1. The molecular weight excluding hydrogens is 991 g/mol. The molecule has 4 aliphatic rings. The summed E-state index contributed by atoms with van der Waals surface area (Å²) in [6.45, 7) is 15.0. The predicted octanol–water partition coefficient (Wildman–Crippen LogP) is 7.18. The Balaban J connectivity index is 0.735. The summed E-state index contributed by atoms with van der Waals surface area (Å²) in [5, 5.41) is 52.2. The Labute approximate surface area is 445 Å². The van der Waals surface area contributed by atoms with Crippen molar-refractivity contribution in [1.82, 2.24) is 44.3 Å².